The lowest BCUT2D eigenvalue weighted by atomic mass is 9.98. The van der Waals surface area contributed by atoms with Crippen molar-refractivity contribution in [1.82, 2.24) is 0 Å². The molecule has 0 aliphatic carbocycles. The van der Waals surface area contributed by atoms with Gasteiger partial charge in [0.15, 0.2) is 0 Å². The lowest BCUT2D eigenvalue weighted by molar-refractivity contribution is -0.153. The third-order valence-corrected chi connectivity index (χ3v) is 5.87. The van der Waals surface area contributed by atoms with E-state index in [-0.39, 0.29) is 22.7 Å². The number of hydrogen-bond donors (Lipinski definition) is 0. The molecule has 27 heavy (non-hydrogen) atoms. The molecule has 0 aromatic rings. The predicted molar refractivity (Wildman–Crippen MR) is 113 cm³/mol. The van der Waals surface area contributed by atoms with Crippen LogP contribution in [0.3, 0.4) is 0 Å². The molecule has 1 unspecified atom stereocenters. The number of alkyl halides is 2. The van der Waals surface area contributed by atoms with Gasteiger partial charge in [-0.1, -0.05) is 96.3 Å². The van der Waals surface area contributed by atoms with Crippen molar-refractivity contribution in [3.05, 3.63) is 0 Å². The molecule has 0 saturated carbocycles. The maximum Gasteiger partial charge on any atom is 0.317 e. The maximum atomic E-state index is 11.3. The Kier molecular flexibility index (Phi) is 15.3. The van der Waals surface area contributed by atoms with Crippen LogP contribution in [0.15, 0.2) is 0 Å². The van der Waals surface area contributed by atoms with E-state index < -0.39 is 0 Å². The average Bonchev–Trinajstić information content (AvgIpc) is 2.94. The van der Waals surface area contributed by atoms with Crippen LogP contribution in [-0.4, -0.2) is 16.8 Å². The fourth-order valence-electron chi connectivity index (χ4n) is 3.73. The predicted octanol–water partition coefficient (Wildman–Crippen LogP) is 7.51. The van der Waals surface area contributed by atoms with Gasteiger partial charge in [-0.15, -0.1) is 23.2 Å². The van der Waals surface area contributed by atoms with Crippen molar-refractivity contribution in [2.75, 3.05) is 0 Å². The lowest BCUT2D eigenvalue weighted by Gasteiger charge is -2.05. The van der Waals surface area contributed by atoms with Crippen molar-refractivity contribution >= 4 is 35.1 Å². The summed E-state index contributed by atoms with van der Waals surface area (Å²) in [6.45, 7) is 0. The molecule has 1 aliphatic heterocycles. The first-order chi connectivity index (χ1) is 13.1. The van der Waals surface area contributed by atoms with E-state index in [1.54, 1.807) is 0 Å². The molecule has 0 amide bonds. The van der Waals surface area contributed by atoms with Gasteiger partial charge >= 0.3 is 11.9 Å². The van der Waals surface area contributed by atoms with Crippen LogP contribution in [0, 0.1) is 5.92 Å². The van der Waals surface area contributed by atoms with Gasteiger partial charge in [-0.25, -0.2) is 0 Å². The average molecular weight is 421 g/mol. The highest BCUT2D eigenvalue weighted by atomic mass is 35.5. The molecular formula is C22H38Cl2O3. The summed E-state index contributed by atoms with van der Waals surface area (Å²) in [6, 6.07) is 0. The number of cyclic esters (lactones) is 2. The summed E-state index contributed by atoms with van der Waals surface area (Å²) >= 11 is 11.4. The van der Waals surface area contributed by atoms with Crippen molar-refractivity contribution in [2.45, 2.75) is 120 Å². The van der Waals surface area contributed by atoms with Crippen molar-refractivity contribution < 1.29 is 14.3 Å². The Balaban J connectivity index is 1.71. The highest BCUT2D eigenvalue weighted by molar-refractivity contribution is 6.44. The van der Waals surface area contributed by atoms with Crippen LogP contribution >= 0.6 is 23.2 Å². The zero-order valence-electron chi connectivity index (χ0n) is 16.9. The van der Waals surface area contributed by atoms with E-state index in [1.807, 2.05) is 0 Å². The molecular weight excluding hydrogens is 383 g/mol. The van der Waals surface area contributed by atoms with Crippen molar-refractivity contribution in [3.8, 4) is 0 Å². The number of rotatable bonds is 18. The molecule has 5 heteroatoms. The largest absolute Gasteiger partial charge is 0.393 e. The van der Waals surface area contributed by atoms with Gasteiger partial charge in [0.1, 0.15) is 4.84 Å². The van der Waals surface area contributed by atoms with E-state index >= 15 is 0 Å². The Bertz CT molecular complexity index is 399. The van der Waals surface area contributed by atoms with Gasteiger partial charge in [0.05, 0.1) is 12.3 Å². The van der Waals surface area contributed by atoms with E-state index in [2.05, 4.69) is 4.74 Å². The monoisotopic (exact) mass is 420 g/mol. The second-order valence-corrected chi connectivity index (χ2v) is 9.24. The highest BCUT2D eigenvalue weighted by Gasteiger charge is 2.32. The van der Waals surface area contributed by atoms with Gasteiger partial charge < -0.3 is 4.74 Å². The summed E-state index contributed by atoms with van der Waals surface area (Å²) in [5.74, 6) is -0.825. The van der Waals surface area contributed by atoms with Crippen LogP contribution < -0.4 is 0 Å². The van der Waals surface area contributed by atoms with Gasteiger partial charge in [-0.3, -0.25) is 9.59 Å². The second-order valence-electron chi connectivity index (χ2n) is 7.97. The first-order valence-electron chi connectivity index (χ1n) is 11.1. The highest BCUT2D eigenvalue weighted by Crippen LogP contribution is 2.22. The summed E-state index contributed by atoms with van der Waals surface area (Å²) in [5.41, 5.74) is 0. The Hall–Kier alpha value is -0.280. The van der Waals surface area contributed by atoms with E-state index in [4.69, 9.17) is 23.2 Å². The normalized spacial score (nSPS) is 17.1. The molecule has 1 rings (SSSR count). The van der Waals surface area contributed by atoms with E-state index in [1.165, 1.54) is 77.0 Å². The second kappa shape index (κ2) is 16.7. The topological polar surface area (TPSA) is 43.4 Å². The SMILES string of the molecule is O=C1CC(CCCCCCCCCCCCCCCCCC(Cl)Cl)C(=O)O1. The van der Waals surface area contributed by atoms with Gasteiger partial charge in [-0.05, 0) is 12.8 Å². The number of hydrogen-bond acceptors (Lipinski definition) is 3. The summed E-state index contributed by atoms with van der Waals surface area (Å²) in [6.07, 6.45) is 21.4. The Morgan fingerprint density at radius 3 is 1.48 bits per heavy atom. The number of carbonyl (C=O) groups is 2. The maximum absolute atomic E-state index is 11.3. The summed E-state index contributed by atoms with van der Waals surface area (Å²) < 4.78 is 4.57. The molecule has 158 valence electrons. The Labute approximate surface area is 175 Å². The lowest BCUT2D eigenvalue weighted by Crippen LogP contribution is -2.06. The molecule has 1 atom stereocenters. The van der Waals surface area contributed by atoms with Gasteiger partial charge in [0.25, 0.3) is 0 Å². The van der Waals surface area contributed by atoms with Crippen LogP contribution in [0.25, 0.3) is 0 Å². The molecule has 1 heterocycles. The van der Waals surface area contributed by atoms with Crippen LogP contribution in [0.5, 0.6) is 0 Å². The minimum atomic E-state index is -0.350. The standard InChI is InChI=1S/C22H38Cl2O3/c23-20(24)17-15-13-11-9-7-5-3-1-2-4-6-8-10-12-14-16-19-18-21(25)27-22(19)26/h19-20H,1-18H2. The fraction of sp³-hybridized carbons (Fsp3) is 0.909. The molecule has 3 nitrogen and oxygen atoms in total. The minimum Gasteiger partial charge on any atom is -0.393 e. The van der Waals surface area contributed by atoms with Crippen LogP contribution in [-0.2, 0) is 14.3 Å². The van der Waals surface area contributed by atoms with Crippen LogP contribution in [0.2, 0.25) is 0 Å². The quantitative estimate of drug-likeness (QED) is 0.0995. The van der Waals surface area contributed by atoms with Crippen LogP contribution in [0.1, 0.15) is 116 Å². The molecule has 1 saturated heterocycles. The summed E-state index contributed by atoms with van der Waals surface area (Å²) in [5, 5.41) is 0. The van der Waals surface area contributed by atoms with Crippen LogP contribution in [0.4, 0.5) is 0 Å². The molecule has 1 aliphatic rings. The van der Waals surface area contributed by atoms with Crippen molar-refractivity contribution in [2.24, 2.45) is 5.92 Å². The number of carbonyl (C=O) groups excluding carboxylic acids is 2. The first-order valence-corrected chi connectivity index (χ1v) is 12.0. The Morgan fingerprint density at radius 2 is 1.11 bits per heavy atom. The van der Waals surface area contributed by atoms with Crippen molar-refractivity contribution in [3.63, 3.8) is 0 Å². The molecule has 0 spiro atoms. The molecule has 0 N–H and O–H groups in total. The molecule has 1 fully saturated rings. The Morgan fingerprint density at radius 1 is 0.704 bits per heavy atom. The third kappa shape index (κ3) is 14.4. The van der Waals surface area contributed by atoms with Gasteiger partial charge in [0.2, 0.25) is 0 Å². The van der Waals surface area contributed by atoms with E-state index in [0.29, 0.717) is 6.42 Å². The summed E-state index contributed by atoms with van der Waals surface area (Å²) in [4.78, 5) is 22.2. The summed E-state index contributed by atoms with van der Waals surface area (Å²) in [7, 11) is 0. The number of esters is 2. The third-order valence-electron chi connectivity index (χ3n) is 5.44. The van der Waals surface area contributed by atoms with E-state index in [0.717, 1.165) is 32.1 Å². The molecule has 0 aromatic carbocycles. The number of unbranched alkanes of at least 4 members (excludes halogenated alkanes) is 14. The van der Waals surface area contributed by atoms with Crippen molar-refractivity contribution in [1.29, 1.82) is 0 Å². The zero-order chi connectivity index (χ0) is 19.7. The fourth-order valence-corrected chi connectivity index (χ4v) is 4.04. The first kappa shape index (κ1) is 24.8. The van der Waals surface area contributed by atoms with Gasteiger partial charge in [-0.2, -0.15) is 0 Å². The molecule has 0 bridgehead atoms. The number of halogens is 2. The van der Waals surface area contributed by atoms with Gasteiger partial charge in [0, 0.05) is 0 Å². The zero-order valence-corrected chi connectivity index (χ0v) is 18.4. The van der Waals surface area contributed by atoms with E-state index in [9.17, 15) is 9.59 Å². The minimum absolute atomic E-state index is 0.166. The molecule has 0 radical (unpaired) electrons. The number of ether oxygens (including phenoxy) is 1. The molecule has 0 aromatic heterocycles. The smallest absolute Gasteiger partial charge is 0.317 e.